The van der Waals surface area contributed by atoms with E-state index in [1.165, 1.54) is 27.4 Å². The molecule has 2 atom stereocenters. The first-order valence-corrected chi connectivity index (χ1v) is 13.0. The molecule has 38 heavy (non-hydrogen) atoms. The number of hydrogen-bond acceptors (Lipinski definition) is 5. The highest BCUT2D eigenvalue weighted by Gasteiger charge is 2.36. The maximum absolute atomic E-state index is 14.1. The minimum absolute atomic E-state index is 0.251. The van der Waals surface area contributed by atoms with Crippen LogP contribution in [-0.2, 0) is 16.1 Å². The van der Waals surface area contributed by atoms with Gasteiger partial charge < -0.3 is 20.0 Å². The predicted molar refractivity (Wildman–Crippen MR) is 144 cm³/mol. The van der Waals surface area contributed by atoms with E-state index in [2.05, 4.69) is 26.0 Å². The minimum Gasteiger partial charge on any atom is -0.380 e. The number of nitrogens with zero attached hydrogens (tertiary/aromatic N) is 2. The van der Waals surface area contributed by atoms with Crippen LogP contribution in [0.1, 0.15) is 30.9 Å². The third-order valence-electron chi connectivity index (χ3n) is 7.01. The highest BCUT2D eigenvalue weighted by Crippen LogP contribution is 2.29. The number of hydrogen-bond donors (Lipinski definition) is 3. The zero-order valence-electron chi connectivity index (χ0n) is 21.8. The van der Waals surface area contributed by atoms with E-state index in [0.717, 1.165) is 11.1 Å². The number of nitrogens with two attached hydrogens (primary N) is 1. The lowest BCUT2D eigenvalue weighted by atomic mass is 9.92. The number of aliphatic hydroxyl groups excluding tert-OH is 2. The number of amides is 2. The summed E-state index contributed by atoms with van der Waals surface area (Å²) in [6.07, 6.45) is -3.70. The number of primary amides is 1. The third-order valence-corrected chi connectivity index (χ3v) is 7.01. The van der Waals surface area contributed by atoms with Crippen molar-refractivity contribution in [1.29, 1.82) is 0 Å². The number of rotatable bonds is 8. The van der Waals surface area contributed by atoms with E-state index in [0.29, 0.717) is 24.7 Å². The topological polar surface area (TPSA) is 97.7 Å². The van der Waals surface area contributed by atoms with E-state index >= 15 is 0 Å². The van der Waals surface area contributed by atoms with Gasteiger partial charge in [-0.25, -0.2) is 9.18 Å². The first kappa shape index (κ1) is 27.4. The van der Waals surface area contributed by atoms with Crippen molar-refractivity contribution in [1.82, 2.24) is 4.90 Å². The molecule has 0 aromatic heterocycles. The van der Waals surface area contributed by atoms with Crippen LogP contribution in [0.25, 0.3) is 11.1 Å². The maximum Gasteiger partial charge on any atom is 0.342 e. The quantitative estimate of drug-likeness (QED) is 0.424. The van der Waals surface area contributed by atoms with Gasteiger partial charge in [-0.1, -0.05) is 74.5 Å². The number of quaternary nitrogens is 1. The van der Waals surface area contributed by atoms with Crippen molar-refractivity contribution < 1.29 is 29.5 Å². The van der Waals surface area contributed by atoms with Crippen LogP contribution >= 0.6 is 0 Å². The summed E-state index contributed by atoms with van der Waals surface area (Å²) in [5, 5.41) is 22.1. The second-order valence-corrected chi connectivity index (χ2v) is 9.90. The van der Waals surface area contributed by atoms with E-state index in [1.807, 2.05) is 41.3 Å². The molecule has 0 bridgehead atoms. The molecule has 1 aliphatic heterocycles. The Bertz CT molecular complexity index is 1260. The lowest BCUT2D eigenvalue weighted by Gasteiger charge is -2.37. The zero-order valence-corrected chi connectivity index (χ0v) is 21.8. The molecule has 3 aromatic rings. The second-order valence-electron chi connectivity index (χ2n) is 9.90. The summed E-state index contributed by atoms with van der Waals surface area (Å²) in [6, 6.07) is 22.6. The number of para-hydroxylation sites is 1. The number of halogens is 1. The van der Waals surface area contributed by atoms with Crippen LogP contribution in [0.3, 0.4) is 0 Å². The fourth-order valence-corrected chi connectivity index (χ4v) is 4.78. The van der Waals surface area contributed by atoms with Gasteiger partial charge in [0.15, 0.2) is 6.10 Å². The van der Waals surface area contributed by atoms with Crippen molar-refractivity contribution in [2.45, 2.75) is 38.5 Å². The fraction of sp³-hybridized carbons (Fsp3) is 0.333. The first-order chi connectivity index (χ1) is 18.3. The summed E-state index contributed by atoms with van der Waals surface area (Å²) in [4.78, 5) is 28.5. The van der Waals surface area contributed by atoms with Gasteiger partial charge in [0, 0.05) is 31.7 Å². The molecule has 0 spiro atoms. The van der Waals surface area contributed by atoms with Crippen LogP contribution in [0.5, 0.6) is 0 Å². The minimum atomic E-state index is -1.85. The Labute approximate surface area is 222 Å². The van der Waals surface area contributed by atoms with E-state index in [4.69, 9.17) is 0 Å². The van der Waals surface area contributed by atoms with E-state index in [9.17, 15) is 24.2 Å². The Morgan fingerprint density at radius 3 is 2.16 bits per heavy atom. The number of carbonyl (C=O) groups is 2. The number of piperazine rings is 1. The molecular weight excluding hydrogens is 485 g/mol. The van der Waals surface area contributed by atoms with E-state index in [1.54, 1.807) is 18.2 Å². The van der Waals surface area contributed by atoms with Gasteiger partial charge in [0.25, 0.3) is 5.91 Å². The summed E-state index contributed by atoms with van der Waals surface area (Å²) < 4.78 is 14.1. The average molecular weight is 521 g/mol. The molecule has 1 aliphatic rings. The smallest absolute Gasteiger partial charge is 0.342 e. The maximum atomic E-state index is 14.1. The van der Waals surface area contributed by atoms with E-state index in [-0.39, 0.29) is 25.5 Å². The molecule has 200 valence electrons. The summed E-state index contributed by atoms with van der Waals surface area (Å²) in [6.45, 7) is 5.85. The molecule has 1 fully saturated rings. The molecule has 0 saturated carbocycles. The van der Waals surface area contributed by atoms with Crippen molar-refractivity contribution >= 4 is 17.5 Å². The second kappa shape index (κ2) is 12.3. The molecule has 0 unspecified atom stereocenters. The number of aliphatic hydroxyl groups is 2. The van der Waals surface area contributed by atoms with Crippen molar-refractivity contribution in [3.63, 3.8) is 0 Å². The first-order valence-electron chi connectivity index (χ1n) is 13.0. The fourth-order valence-electron chi connectivity index (χ4n) is 4.78. The average Bonchev–Trinajstić information content (AvgIpc) is 2.95. The lowest BCUT2D eigenvalue weighted by Crippen LogP contribution is -2.89. The molecule has 4 N–H and O–H groups in total. The third kappa shape index (κ3) is 6.27. The highest BCUT2D eigenvalue weighted by atomic mass is 19.1. The highest BCUT2D eigenvalue weighted by molar-refractivity contribution is 5.87. The molecule has 7 nitrogen and oxygen atoms in total. The SMILES string of the molecule is CC(C)c1ccccc1-c1ccc(C[NH2+]C(=O)[C@H](O)[C@@H](O)C(=O)N2CCN(c3ccccc3F)CC2)cc1. The molecule has 4 rings (SSSR count). The number of anilines is 1. The summed E-state index contributed by atoms with van der Waals surface area (Å²) in [5.74, 6) is -1.35. The molecule has 0 aliphatic carbocycles. The van der Waals surface area contributed by atoms with Gasteiger partial charge in [-0.15, -0.1) is 0 Å². The molecule has 0 radical (unpaired) electrons. The Hall–Kier alpha value is -3.59. The standard InChI is InChI=1S/C30H34FN3O4/c1-20(2)23-7-3-4-8-24(23)22-13-11-21(12-14-22)19-32-29(37)27(35)28(36)30(38)34-17-15-33(16-18-34)26-10-6-5-9-25(26)31/h3-14,20,27-28,35-36H,15-19H2,1-2H3,(H,32,37)/p+1/t27-,28-/m1/s1. The zero-order chi connectivity index (χ0) is 27.2. The Morgan fingerprint density at radius 2 is 1.50 bits per heavy atom. The van der Waals surface area contributed by atoms with Gasteiger partial charge in [-0.2, -0.15) is 0 Å². The number of carbonyl (C=O) groups excluding carboxylic acids is 2. The van der Waals surface area contributed by atoms with E-state index < -0.39 is 24.0 Å². The van der Waals surface area contributed by atoms with Crippen molar-refractivity contribution in [3.05, 3.63) is 89.7 Å². The van der Waals surface area contributed by atoms with Crippen LogP contribution < -0.4 is 10.2 Å². The predicted octanol–water partition coefficient (Wildman–Crippen LogP) is 2.28. The lowest BCUT2D eigenvalue weighted by molar-refractivity contribution is -0.588. The summed E-state index contributed by atoms with van der Waals surface area (Å²) in [7, 11) is 0. The van der Waals surface area contributed by atoms with Crippen LogP contribution in [0, 0.1) is 5.82 Å². The number of benzene rings is 3. The van der Waals surface area contributed by atoms with Gasteiger partial charge in [0.2, 0.25) is 6.10 Å². The van der Waals surface area contributed by atoms with Gasteiger partial charge >= 0.3 is 5.91 Å². The van der Waals surface area contributed by atoms with Crippen LogP contribution in [0.15, 0.2) is 72.8 Å². The van der Waals surface area contributed by atoms with Crippen molar-refractivity contribution in [3.8, 4) is 11.1 Å². The molecule has 8 heteroatoms. The summed E-state index contributed by atoms with van der Waals surface area (Å²) >= 11 is 0. The van der Waals surface area contributed by atoms with Crippen LogP contribution in [0.2, 0.25) is 0 Å². The van der Waals surface area contributed by atoms with Gasteiger partial charge in [-0.3, -0.25) is 10.1 Å². The largest absolute Gasteiger partial charge is 0.380 e. The Kier molecular flexibility index (Phi) is 8.89. The van der Waals surface area contributed by atoms with Gasteiger partial charge in [0.05, 0.1) is 5.69 Å². The normalized spacial score (nSPS) is 15.4. The Morgan fingerprint density at radius 1 is 0.868 bits per heavy atom. The monoisotopic (exact) mass is 520 g/mol. The Balaban J connectivity index is 1.28. The molecular formula is C30H35FN3O4+. The molecule has 3 aromatic carbocycles. The molecule has 1 heterocycles. The van der Waals surface area contributed by atoms with Crippen LogP contribution in [-0.4, -0.2) is 65.3 Å². The van der Waals surface area contributed by atoms with Crippen LogP contribution in [0.4, 0.5) is 10.1 Å². The molecule has 2 amide bonds. The summed E-state index contributed by atoms with van der Waals surface area (Å²) in [5.41, 5.74) is 4.85. The molecule has 1 saturated heterocycles. The van der Waals surface area contributed by atoms with Gasteiger partial charge in [0.1, 0.15) is 12.4 Å². The van der Waals surface area contributed by atoms with Crippen molar-refractivity contribution in [2.24, 2.45) is 0 Å². The van der Waals surface area contributed by atoms with Gasteiger partial charge in [-0.05, 0) is 34.7 Å². The van der Waals surface area contributed by atoms with Crippen molar-refractivity contribution in [2.75, 3.05) is 31.1 Å².